The van der Waals surface area contributed by atoms with Crippen LogP contribution in [0.25, 0.3) is 0 Å². The van der Waals surface area contributed by atoms with Gasteiger partial charge in [0.15, 0.2) is 0 Å². The van der Waals surface area contributed by atoms with Crippen molar-refractivity contribution >= 4 is 0 Å². The molecule has 1 aromatic rings. The molecule has 2 rings (SSSR count). The summed E-state index contributed by atoms with van der Waals surface area (Å²) in [5.74, 6) is 1.52. The van der Waals surface area contributed by atoms with Crippen LogP contribution in [0.15, 0.2) is 24.3 Å². The van der Waals surface area contributed by atoms with Gasteiger partial charge in [-0.2, -0.15) is 0 Å². The average molecular weight is 291 g/mol. The SMILES string of the molecule is CCCNCC1CCCOC1c1cccc(OCCC)c1. The van der Waals surface area contributed by atoms with Gasteiger partial charge in [0.25, 0.3) is 0 Å². The second-order valence-electron chi connectivity index (χ2n) is 5.82. The quantitative estimate of drug-likeness (QED) is 0.736. The van der Waals surface area contributed by atoms with E-state index in [1.807, 2.05) is 6.07 Å². The Kier molecular flexibility index (Phi) is 7.04. The van der Waals surface area contributed by atoms with Crippen LogP contribution in [0.2, 0.25) is 0 Å². The average Bonchev–Trinajstić information content (AvgIpc) is 2.54. The van der Waals surface area contributed by atoms with E-state index in [-0.39, 0.29) is 6.10 Å². The Balaban J connectivity index is 2.02. The van der Waals surface area contributed by atoms with E-state index in [1.54, 1.807) is 0 Å². The third kappa shape index (κ3) is 5.01. The summed E-state index contributed by atoms with van der Waals surface area (Å²) >= 11 is 0. The largest absolute Gasteiger partial charge is 0.494 e. The highest BCUT2D eigenvalue weighted by Crippen LogP contribution is 2.34. The van der Waals surface area contributed by atoms with Crippen LogP contribution in [0.4, 0.5) is 0 Å². The Bertz CT molecular complexity index is 408. The fourth-order valence-corrected chi connectivity index (χ4v) is 2.89. The number of nitrogens with one attached hydrogen (secondary N) is 1. The molecule has 3 heteroatoms. The number of hydrogen-bond acceptors (Lipinski definition) is 3. The molecule has 2 unspecified atom stereocenters. The normalized spacial score (nSPS) is 22.2. The summed E-state index contributed by atoms with van der Waals surface area (Å²) in [6.45, 7) is 8.10. The molecule has 1 saturated heterocycles. The summed E-state index contributed by atoms with van der Waals surface area (Å²) < 4.78 is 11.8. The van der Waals surface area contributed by atoms with Gasteiger partial charge in [-0.25, -0.2) is 0 Å². The molecule has 1 heterocycles. The van der Waals surface area contributed by atoms with Gasteiger partial charge in [0, 0.05) is 19.1 Å². The van der Waals surface area contributed by atoms with Gasteiger partial charge in [0.2, 0.25) is 0 Å². The summed E-state index contributed by atoms with van der Waals surface area (Å²) in [5.41, 5.74) is 1.26. The summed E-state index contributed by atoms with van der Waals surface area (Å²) in [6.07, 6.45) is 4.82. The van der Waals surface area contributed by atoms with Gasteiger partial charge in [0.05, 0.1) is 12.7 Å². The predicted octanol–water partition coefficient (Wildman–Crippen LogP) is 3.94. The molecule has 1 aliphatic rings. The minimum Gasteiger partial charge on any atom is -0.494 e. The number of rotatable bonds is 8. The lowest BCUT2D eigenvalue weighted by Crippen LogP contribution is -2.32. The van der Waals surface area contributed by atoms with Crippen LogP contribution in [-0.2, 0) is 4.74 Å². The van der Waals surface area contributed by atoms with E-state index in [0.29, 0.717) is 5.92 Å². The molecule has 1 fully saturated rings. The van der Waals surface area contributed by atoms with E-state index >= 15 is 0 Å². The molecule has 0 amide bonds. The number of benzene rings is 1. The fourth-order valence-electron chi connectivity index (χ4n) is 2.89. The molecule has 0 bridgehead atoms. The molecule has 0 aliphatic carbocycles. The van der Waals surface area contributed by atoms with Crippen LogP contribution in [0.3, 0.4) is 0 Å². The molecule has 1 aromatic carbocycles. The molecular weight excluding hydrogens is 262 g/mol. The standard InChI is InChI=1S/C18H29NO2/c1-3-10-19-14-16-8-6-12-21-18(16)15-7-5-9-17(13-15)20-11-4-2/h5,7,9,13,16,18-19H,3-4,6,8,10-12,14H2,1-2H3. The van der Waals surface area contributed by atoms with E-state index in [4.69, 9.17) is 9.47 Å². The lowest BCUT2D eigenvalue weighted by atomic mass is 9.89. The maximum Gasteiger partial charge on any atom is 0.119 e. The zero-order chi connectivity index (χ0) is 14.9. The molecule has 0 spiro atoms. The number of ether oxygens (including phenoxy) is 2. The van der Waals surface area contributed by atoms with Crippen LogP contribution in [0.1, 0.15) is 51.2 Å². The lowest BCUT2D eigenvalue weighted by molar-refractivity contribution is -0.0278. The van der Waals surface area contributed by atoms with Crippen LogP contribution >= 0.6 is 0 Å². The lowest BCUT2D eigenvalue weighted by Gasteiger charge is -2.32. The van der Waals surface area contributed by atoms with Gasteiger partial charge in [-0.05, 0) is 49.9 Å². The first-order valence-electron chi connectivity index (χ1n) is 8.40. The molecule has 21 heavy (non-hydrogen) atoms. The Hall–Kier alpha value is -1.06. The predicted molar refractivity (Wildman–Crippen MR) is 86.8 cm³/mol. The molecule has 1 aliphatic heterocycles. The van der Waals surface area contributed by atoms with Crippen molar-refractivity contribution < 1.29 is 9.47 Å². The smallest absolute Gasteiger partial charge is 0.119 e. The second kappa shape index (κ2) is 9.06. The van der Waals surface area contributed by atoms with E-state index in [9.17, 15) is 0 Å². The van der Waals surface area contributed by atoms with Gasteiger partial charge in [0.1, 0.15) is 5.75 Å². The molecule has 0 aromatic heterocycles. The first-order valence-corrected chi connectivity index (χ1v) is 8.40. The van der Waals surface area contributed by atoms with Crippen molar-refractivity contribution in [2.24, 2.45) is 5.92 Å². The Morgan fingerprint density at radius 1 is 1.29 bits per heavy atom. The summed E-state index contributed by atoms with van der Waals surface area (Å²) in [7, 11) is 0. The molecule has 0 saturated carbocycles. The number of hydrogen-bond donors (Lipinski definition) is 1. The fraction of sp³-hybridized carbons (Fsp3) is 0.667. The van der Waals surface area contributed by atoms with Crippen molar-refractivity contribution in [3.8, 4) is 5.75 Å². The maximum absolute atomic E-state index is 6.07. The van der Waals surface area contributed by atoms with Gasteiger partial charge >= 0.3 is 0 Å². The van der Waals surface area contributed by atoms with E-state index in [0.717, 1.165) is 38.5 Å². The molecule has 118 valence electrons. The highest BCUT2D eigenvalue weighted by molar-refractivity contribution is 5.30. The molecular formula is C18H29NO2. The highest BCUT2D eigenvalue weighted by Gasteiger charge is 2.27. The second-order valence-corrected chi connectivity index (χ2v) is 5.82. The van der Waals surface area contributed by atoms with E-state index < -0.39 is 0 Å². The van der Waals surface area contributed by atoms with Crippen molar-refractivity contribution in [3.05, 3.63) is 29.8 Å². The topological polar surface area (TPSA) is 30.5 Å². The highest BCUT2D eigenvalue weighted by atomic mass is 16.5. The zero-order valence-electron chi connectivity index (χ0n) is 13.4. The van der Waals surface area contributed by atoms with Crippen molar-refractivity contribution in [1.82, 2.24) is 5.32 Å². The van der Waals surface area contributed by atoms with Crippen molar-refractivity contribution in [2.75, 3.05) is 26.3 Å². The molecule has 2 atom stereocenters. The van der Waals surface area contributed by atoms with E-state index in [1.165, 1.54) is 24.8 Å². The van der Waals surface area contributed by atoms with Crippen LogP contribution < -0.4 is 10.1 Å². The summed E-state index contributed by atoms with van der Waals surface area (Å²) in [4.78, 5) is 0. The third-order valence-corrected chi connectivity index (χ3v) is 3.94. The molecule has 0 radical (unpaired) electrons. The molecule has 1 N–H and O–H groups in total. The van der Waals surface area contributed by atoms with Crippen molar-refractivity contribution in [3.63, 3.8) is 0 Å². The minimum atomic E-state index is 0.202. The monoisotopic (exact) mass is 291 g/mol. The van der Waals surface area contributed by atoms with E-state index in [2.05, 4.69) is 37.4 Å². The first-order chi connectivity index (χ1) is 10.3. The van der Waals surface area contributed by atoms with Gasteiger partial charge in [-0.1, -0.05) is 26.0 Å². The minimum absolute atomic E-state index is 0.202. The first kappa shape index (κ1) is 16.3. The van der Waals surface area contributed by atoms with Crippen molar-refractivity contribution in [1.29, 1.82) is 0 Å². The summed E-state index contributed by atoms with van der Waals surface area (Å²) in [5, 5.41) is 3.54. The molecule has 3 nitrogen and oxygen atoms in total. The van der Waals surface area contributed by atoms with Gasteiger partial charge in [-0.15, -0.1) is 0 Å². The third-order valence-electron chi connectivity index (χ3n) is 3.94. The van der Waals surface area contributed by atoms with Crippen LogP contribution in [0.5, 0.6) is 5.75 Å². The van der Waals surface area contributed by atoms with Crippen molar-refractivity contribution in [2.45, 2.75) is 45.6 Å². The van der Waals surface area contributed by atoms with Crippen LogP contribution in [0, 0.1) is 5.92 Å². The van der Waals surface area contributed by atoms with Gasteiger partial charge in [-0.3, -0.25) is 0 Å². The summed E-state index contributed by atoms with van der Waals surface area (Å²) in [6, 6.07) is 8.43. The maximum atomic E-state index is 6.07. The van der Waals surface area contributed by atoms with Crippen LogP contribution in [-0.4, -0.2) is 26.3 Å². The zero-order valence-corrected chi connectivity index (χ0v) is 13.4. The Morgan fingerprint density at radius 3 is 3.00 bits per heavy atom. The Labute approximate surface area is 129 Å². The van der Waals surface area contributed by atoms with Gasteiger partial charge < -0.3 is 14.8 Å². The Morgan fingerprint density at radius 2 is 2.19 bits per heavy atom.